The Kier molecular flexibility index (Phi) is 5.75. The number of carbonyl (C=O) groups is 3. The zero-order valence-electron chi connectivity index (χ0n) is 15.9. The average molecular weight is 403 g/mol. The Morgan fingerprint density at radius 1 is 1.18 bits per heavy atom. The Labute approximate surface area is 169 Å². The minimum absolute atomic E-state index is 0.0142. The fourth-order valence-electron chi connectivity index (χ4n) is 4.04. The van der Waals surface area contributed by atoms with Crippen molar-refractivity contribution in [3.63, 3.8) is 0 Å². The van der Waals surface area contributed by atoms with E-state index in [1.165, 1.54) is 0 Å². The molecule has 1 aromatic rings. The van der Waals surface area contributed by atoms with Crippen molar-refractivity contribution in [2.24, 2.45) is 0 Å². The zero-order chi connectivity index (χ0) is 19.5. The Hall–Kier alpha value is -2.22. The highest BCUT2D eigenvalue weighted by Crippen LogP contribution is 2.26. The average Bonchev–Trinajstić information content (AvgIpc) is 3.40. The number of para-hydroxylation sites is 1. The van der Waals surface area contributed by atoms with E-state index in [9.17, 15) is 14.4 Å². The summed E-state index contributed by atoms with van der Waals surface area (Å²) < 4.78 is 0. The van der Waals surface area contributed by atoms with Crippen LogP contribution in [-0.2, 0) is 16.1 Å². The first-order valence-electron chi connectivity index (χ1n) is 9.93. The number of urea groups is 1. The molecule has 4 amide bonds. The molecule has 3 heterocycles. The van der Waals surface area contributed by atoms with Gasteiger partial charge in [0.05, 0.1) is 5.88 Å². The molecule has 2 saturated heterocycles. The second kappa shape index (κ2) is 8.43. The Morgan fingerprint density at radius 2 is 1.96 bits per heavy atom. The topological polar surface area (TPSA) is 73.0 Å². The van der Waals surface area contributed by atoms with Gasteiger partial charge in [0.15, 0.2) is 0 Å². The van der Waals surface area contributed by atoms with E-state index in [0.717, 1.165) is 37.2 Å². The van der Waals surface area contributed by atoms with Gasteiger partial charge in [0, 0.05) is 44.0 Å². The molecule has 28 heavy (non-hydrogen) atoms. The molecule has 2 fully saturated rings. The maximum atomic E-state index is 12.7. The van der Waals surface area contributed by atoms with Gasteiger partial charge < -0.3 is 20.0 Å². The number of nitrogens with zero attached hydrogens (tertiary/aromatic N) is 3. The number of fused-ring (bicyclic) bond motifs is 1. The van der Waals surface area contributed by atoms with Gasteiger partial charge in [0.1, 0.15) is 6.04 Å². The number of rotatable bonds is 5. The van der Waals surface area contributed by atoms with E-state index >= 15 is 0 Å². The van der Waals surface area contributed by atoms with Crippen LogP contribution in [0.1, 0.15) is 31.2 Å². The van der Waals surface area contributed by atoms with Gasteiger partial charge in [-0.05, 0) is 30.9 Å². The molecule has 3 aliphatic heterocycles. The molecule has 0 saturated carbocycles. The van der Waals surface area contributed by atoms with Crippen LogP contribution in [0.2, 0.25) is 0 Å². The number of hydrogen-bond donors (Lipinski definition) is 1. The summed E-state index contributed by atoms with van der Waals surface area (Å²) in [5.41, 5.74) is 1.94. The molecule has 0 bridgehead atoms. The molecule has 0 unspecified atom stereocenters. The molecule has 8 heteroatoms. The van der Waals surface area contributed by atoms with Crippen molar-refractivity contribution in [3.05, 3.63) is 29.8 Å². The van der Waals surface area contributed by atoms with Gasteiger partial charge >= 0.3 is 6.03 Å². The molecule has 1 N–H and O–H groups in total. The monoisotopic (exact) mass is 402 g/mol. The standard InChI is InChI=1S/C20H26N4O3S/c25-18(24-14-28-13-17(24)19(26)22-9-3-4-10-22)8-5-11-23-12-15-6-1-2-7-16(15)21-20(23)27/h1-2,6-7,17H,3-5,8-14H2,(H,21,27)/t17-/m0/s1. The summed E-state index contributed by atoms with van der Waals surface area (Å²) in [5.74, 6) is 1.38. The van der Waals surface area contributed by atoms with E-state index < -0.39 is 0 Å². The molecule has 150 valence electrons. The summed E-state index contributed by atoms with van der Waals surface area (Å²) in [6.07, 6.45) is 3.07. The summed E-state index contributed by atoms with van der Waals surface area (Å²) in [7, 11) is 0. The summed E-state index contributed by atoms with van der Waals surface area (Å²) in [4.78, 5) is 43.0. The van der Waals surface area contributed by atoms with Crippen LogP contribution in [0.15, 0.2) is 24.3 Å². The third-order valence-electron chi connectivity index (χ3n) is 5.63. The van der Waals surface area contributed by atoms with E-state index in [0.29, 0.717) is 37.6 Å². The largest absolute Gasteiger partial charge is 0.341 e. The van der Waals surface area contributed by atoms with Crippen LogP contribution in [0.3, 0.4) is 0 Å². The predicted octanol–water partition coefficient (Wildman–Crippen LogP) is 2.34. The minimum Gasteiger partial charge on any atom is -0.341 e. The van der Waals surface area contributed by atoms with Crippen LogP contribution in [0.25, 0.3) is 0 Å². The highest BCUT2D eigenvalue weighted by Gasteiger charge is 2.37. The molecule has 3 aliphatic rings. The number of nitrogens with one attached hydrogen (secondary N) is 1. The quantitative estimate of drug-likeness (QED) is 0.821. The van der Waals surface area contributed by atoms with E-state index in [1.807, 2.05) is 29.2 Å². The Balaban J connectivity index is 1.28. The Morgan fingerprint density at radius 3 is 2.79 bits per heavy atom. The second-order valence-corrected chi connectivity index (χ2v) is 8.52. The molecule has 7 nitrogen and oxygen atoms in total. The fraction of sp³-hybridized carbons (Fsp3) is 0.550. The number of hydrogen-bond acceptors (Lipinski definition) is 4. The van der Waals surface area contributed by atoms with Crippen molar-refractivity contribution in [1.29, 1.82) is 0 Å². The van der Waals surface area contributed by atoms with Gasteiger partial charge in [-0.15, -0.1) is 11.8 Å². The fourth-order valence-corrected chi connectivity index (χ4v) is 5.21. The lowest BCUT2D eigenvalue weighted by atomic mass is 10.1. The second-order valence-electron chi connectivity index (χ2n) is 7.52. The van der Waals surface area contributed by atoms with Gasteiger partial charge in [-0.2, -0.15) is 0 Å². The summed E-state index contributed by atoms with van der Waals surface area (Å²) >= 11 is 1.64. The van der Waals surface area contributed by atoms with Gasteiger partial charge in [-0.1, -0.05) is 18.2 Å². The van der Waals surface area contributed by atoms with Crippen LogP contribution in [0.5, 0.6) is 0 Å². The van der Waals surface area contributed by atoms with E-state index in [1.54, 1.807) is 21.6 Å². The lowest BCUT2D eigenvalue weighted by Gasteiger charge is -2.30. The van der Waals surface area contributed by atoms with Crippen LogP contribution >= 0.6 is 11.8 Å². The van der Waals surface area contributed by atoms with Crippen LogP contribution in [0.4, 0.5) is 10.5 Å². The van der Waals surface area contributed by atoms with Gasteiger partial charge in [-0.25, -0.2) is 4.79 Å². The molecule has 0 spiro atoms. The van der Waals surface area contributed by atoms with Crippen molar-refractivity contribution in [2.45, 2.75) is 38.3 Å². The number of benzene rings is 1. The van der Waals surface area contributed by atoms with Gasteiger partial charge in [-0.3, -0.25) is 9.59 Å². The smallest absolute Gasteiger partial charge is 0.322 e. The SMILES string of the molecule is O=C1Nc2ccccc2CN1CCCC(=O)N1CSC[C@H]1C(=O)N1CCCC1. The van der Waals surface area contributed by atoms with E-state index in [-0.39, 0.29) is 23.9 Å². The third kappa shape index (κ3) is 3.97. The molecule has 1 aromatic carbocycles. The molecule has 0 aliphatic carbocycles. The molecule has 4 rings (SSSR count). The van der Waals surface area contributed by atoms with E-state index in [4.69, 9.17) is 0 Å². The van der Waals surface area contributed by atoms with Crippen LogP contribution in [-0.4, -0.2) is 69.9 Å². The van der Waals surface area contributed by atoms with Crippen LogP contribution in [0, 0.1) is 0 Å². The molecule has 0 radical (unpaired) electrons. The number of likely N-dealkylation sites (tertiary alicyclic amines) is 1. The van der Waals surface area contributed by atoms with Crippen molar-refractivity contribution in [3.8, 4) is 0 Å². The molecule has 1 atom stereocenters. The van der Waals surface area contributed by atoms with Crippen molar-refractivity contribution in [1.82, 2.24) is 14.7 Å². The summed E-state index contributed by atoms with van der Waals surface area (Å²) in [5, 5.41) is 2.89. The first kappa shape index (κ1) is 19.1. The zero-order valence-corrected chi connectivity index (χ0v) is 16.7. The van der Waals surface area contributed by atoms with Crippen molar-refractivity contribution >= 4 is 35.3 Å². The third-order valence-corrected chi connectivity index (χ3v) is 6.64. The molecular weight excluding hydrogens is 376 g/mol. The number of anilines is 1. The number of amides is 4. The van der Waals surface area contributed by atoms with Crippen molar-refractivity contribution < 1.29 is 14.4 Å². The van der Waals surface area contributed by atoms with Crippen LogP contribution < -0.4 is 5.32 Å². The molecule has 0 aromatic heterocycles. The summed E-state index contributed by atoms with van der Waals surface area (Å²) in [6, 6.07) is 7.33. The first-order chi connectivity index (χ1) is 13.6. The molecular formula is C20H26N4O3S. The number of thioether (sulfide) groups is 1. The maximum Gasteiger partial charge on any atom is 0.322 e. The minimum atomic E-state index is -0.319. The highest BCUT2D eigenvalue weighted by atomic mass is 32.2. The number of carbonyl (C=O) groups excluding carboxylic acids is 3. The lowest BCUT2D eigenvalue weighted by molar-refractivity contribution is -0.142. The van der Waals surface area contributed by atoms with Gasteiger partial charge in [0.2, 0.25) is 11.8 Å². The Bertz CT molecular complexity index is 766. The summed E-state index contributed by atoms with van der Waals surface area (Å²) in [6.45, 7) is 2.71. The highest BCUT2D eigenvalue weighted by molar-refractivity contribution is 7.99. The van der Waals surface area contributed by atoms with Gasteiger partial charge in [0.25, 0.3) is 0 Å². The predicted molar refractivity (Wildman–Crippen MR) is 109 cm³/mol. The van der Waals surface area contributed by atoms with E-state index in [2.05, 4.69) is 5.32 Å². The lowest BCUT2D eigenvalue weighted by Crippen LogP contribution is -2.48. The maximum absolute atomic E-state index is 12.7. The first-order valence-corrected chi connectivity index (χ1v) is 11.1. The normalized spacial score (nSPS) is 21.6. The van der Waals surface area contributed by atoms with Crippen molar-refractivity contribution in [2.75, 3.05) is 36.6 Å².